The molecule has 2 aliphatic heterocycles. The first kappa shape index (κ1) is 33.0. The zero-order valence-corrected chi connectivity index (χ0v) is 28.0. The summed E-state index contributed by atoms with van der Waals surface area (Å²) in [4.78, 5) is 36.5. The number of piperidine rings is 1. The molecule has 12 heteroatoms. The summed E-state index contributed by atoms with van der Waals surface area (Å²) in [6.45, 7) is 6.31. The monoisotopic (exact) mass is 667 g/mol. The van der Waals surface area contributed by atoms with Crippen LogP contribution in [0.25, 0.3) is 20.4 Å². The highest BCUT2D eigenvalue weighted by atomic mass is 32.1. The molecule has 2 aromatic heterocycles. The second kappa shape index (κ2) is 15.4. The van der Waals surface area contributed by atoms with Gasteiger partial charge >= 0.3 is 4.87 Å². The van der Waals surface area contributed by atoms with Gasteiger partial charge in [0.1, 0.15) is 11.3 Å². The van der Waals surface area contributed by atoms with Crippen LogP contribution >= 0.6 is 22.7 Å². The number of aromatic nitrogens is 2. The van der Waals surface area contributed by atoms with Crippen LogP contribution < -0.4 is 10.2 Å². The number of hydrogen-bond donors (Lipinski definition) is 4. The number of H-pyrrole nitrogens is 1. The van der Waals surface area contributed by atoms with Crippen molar-refractivity contribution in [2.45, 2.75) is 69.5 Å². The SMILES string of the molecule is O=C(c1nc2ccccc2s1)N1CCOC2(CCN(CCCCCCCCCNCC(O)c3ccc(O)c4[nH]c(=O)sc34)CC2)C1. The number of morpholine rings is 1. The van der Waals surface area contributed by atoms with E-state index in [1.165, 1.54) is 55.9 Å². The number of ether oxygens (including phenoxy) is 1. The largest absolute Gasteiger partial charge is 0.506 e. The van der Waals surface area contributed by atoms with E-state index in [-0.39, 0.29) is 22.1 Å². The lowest BCUT2D eigenvalue weighted by Gasteiger charge is -2.47. The summed E-state index contributed by atoms with van der Waals surface area (Å²) in [5.74, 6) is 0.0577. The molecule has 2 aliphatic rings. The number of amides is 1. The molecule has 4 heterocycles. The van der Waals surface area contributed by atoms with E-state index in [9.17, 15) is 19.8 Å². The van der Waals surface area contributed by atoms with Gasteiger partial charge < -0.3 is 35.1 Å². The Morgan fingerprint density at radius 2 is 1.78 bits per heavy atom. The van der Waals surface area contributed by atoms with Gasteiger partial charge in [-0.05, 0) is 57.0 Å². The maximum Gasteiger partial charge on any atom is 0.305 e. The number of nitrogens with zero attached hydrogens (tertiary/aromatic N) is 3. The Kier molecular flexibility index (Phi) is 11.0. The van der Waals surface area contributed by atoms with E-state index >= 15 is 0 Å². The average Bonchev–Trinajstić information content (AvgIpc) is 3.68. The van der Waals surface area contributed by atoms with Crippen LogP contribution in [0.2, 0.25) is 0 Å². The average molecular weight is 668 g/mol. The van der Waals surface area contributed by atoms with Crippen LogP contribution in [0.4, 0.5) is 0 Å². The smallest absolute Gasteiger partial charge is 0.305 e. The maximum atomic E-state index is 13.3. The standard InChI is InChI=1S/C34H45N5O5S2/c40-26-13-12-24(30-29(26)37-33(43)46-30)27(41)22-35-16-8-4-2-1-3-5-9-17-38-18-14-34(15-19-38)23-39(20-21-44-34)32(42)31-36-25-10-6-7-11-28(25)45-31/h6-7,10-13,27,35,40-41H,1-5,8-9,14-23H2,(H,37,43). The van der Waals surface area contributed by atoms with Crippen LogP contribution in [0, 0.1) is 0 Å². The Labute approximate surface area is 277 Å². The molecule has 4 aromatic rings. The highest BCUT2D eigenvalue weighted by Crippen LogP contribution is 2.33. The number of nitrogens with one attached hydrogen (secondary N) is 2. The lowest BCUT2D eigenvalue weighted by Crippen LogP contribution is -2.58. The molecule has 10 nitrogen and oxygen atoms in total. The first-order valence-electron chi connectivity index (χ1n) is 16.7. The Morgan fingerprint density at radius 3 is 2.59 bits per heavy atom. The van der Waals surface area contributed by atoms with Gasteiger partial charge in [-0.15, -0.1) is 11.3 Å². The number of aromatic hydroxyl groups is 1. The summed E-state index contributed by atoms with van der Waals surface area (Å²) in [6, 6.07) is 11.1. The number of aliphatic hydroxyl groups is 1. The van der Waals surface area contributed by atoms with Gasteiger partial charge in [0.05, 0.1) is 39.8 Å². The van der Waals surface area contributed by atoms with E-state index in [1.807, 2.05) is 29.2 Å². The van der Waals surface area contributed by atoms with E-state index in [0.717, 1.165) is 67.0 Å². The van der Waals surface area contributed by atoms with Crippen LogP contribution in [0.1, 0.15) is 79.3 Å². The number of hydrogen-bond acceptors (Lipinski definition) is 10. The molecule has 4 N–H and O–H groups in total. The van der Waals surface area contributed by atoms with Gasteiger partial charge in [-0.25, -0.2) is 4.98 Å². The van der Waals surface area contributed by atoms with Crippen LogP contribution in [0.5, 0.6) is 5.75 Å². The molecule has 1 atom stereocenters. The molecule has 2 saturated heterocycles. The summed E-state index contributed by atoms with van der Waals surface area (Å²) in [7, 11) is 0. The second-order valence-electron chi connectivity index (χ2n) is 12.7. The van der Waals surface area contributed by atoms with Crippen LogP contribution in [0.3, 0.4) is 0 Å². The van der Waals surface area contributed by atoms with Crippen molar-refractivity contribution in [3.05, 3.63) is 56.6 Å². The minimum absolute atomic E-state index is 0.0239. The highest BCUT2D eigenvalue weighted by molar-refractivity contribution is 7.20. The molecule has 6 rings (SSSR count). The number of benzene rings is 2. The number of aliphatic hydroxyl groups excluding tert-OH is 1. The lowest BCUT2D eigenvalue weighted by atomic mass is 9.89. The Morgan fingerprint density at radius 1 is 1.02 bits per heavy atom. The predicted octanol–water partition coefficient (Wildman–Crippen LogP) is 5.27. The van der Waals surface area contributed by atoms with Crippen molar-refractivity contribution in [1.82, 2.24) is 25.1 Å². The Hall–Kier alpha value is -2.87. The van der Waals surface area contributed by atoms with Crippen molar-refractivity contribution in [3.63, 3.8) is 0 Å². The summed E-state index contributed by atoms with van der Waals surface area (Å²) >= 11 is 2.49. The third-order valence-electron chi connectivity index (χ3n) is 9.39. The number of phenolic OH excluding ortho intramolecular Hbond substituents is 1. The maximum absolute atomic E-state index is 13.3. The number of rotatable bonds is 14. The van der Waals surface area contributed by atoms with Gasteiger partial charge in [0.25, 0.3) is 5.91 Å². The first-order valence-corrected chi connectivity index (χ1v) is 18.3. The molecule has 248 valence electrons. The number of thiazole rings is 2. The quantitative estimate of drug-likeness (QED) is 0.134. The number of phenols is 1. The van der Waals surface area contributed by atoms with Crippen LogP contribution in [-0.4, -0.2) is 93.9 Å². The Balaban J connectivity index is 0.804. The van der Waals surface area contributed by atoms with Crippen LogP contribution in [0.15, 0.2) is 41.2 Å². The van der Waals surface area contributed by atoms with Gasteiger partial charge in [-0.1, -0.05) is 61.6 Å². The van der Waals surface area contributed by atoms with E-state index in [2.05, 4.69) is 20.2 Å². The van der Waals surface area contributed by atoms with E-state index in [1.54, 1.807) is 6.07 Å². The summed E-state index contributed by atoms with van der Waals surface area (Å²) in [5, 5.41) is 24.5. The second-order valence-corrected chi connectivity index (χ2v) is 14.7. The number of carbonyl (C=O) groups excluding carboxylic acids is 1. The molecule has 0 radical (unpaired) electrons. The molecule has 1 spiro atoms. The third kappa shape index (κ3) is 7.98. The van der Waals surface area contributed by atoms with Crippen LogP contribution in [-0.2, 0) is 4.74 Å². The zero-order valence-electron chi connectivity index (χ0n) is 26.3. The van der Waals surface area contributed by atoms with Gasteiger partial charge in [0, 0.05) is 31.7 Å². The van der Waals surface area contributed by atoms with Crippen molar-refractivity contribution in [2.24, 2.45) is 0 Å². The molecular weight excluding hydrogens is 623 g/mol. The fraction of sp³-hybridized carbons (Fsp3) is 0.559. The van der Waals surface area contributed by atoms with Crippen molar-refractivity contribution in [1.29, 1.82) is 0 Å². The molecule has 1 amide bonds. The van der Waals surface area contributed by atoms with Gasteiger partial charge in [0.15, 0.2) is 5.01 Å². The molecule has 0 saturated carbocycles. The summed E-state index contributed by atoms with van der Waals surface area (Å²) in [5.41, 5.74) is 1.72. The van der Waals surface area contributed by atoms with Crippen molar-refractivity contribution >= 4 is 49.0 Å². The van der Waals surface area contributed by atoms with E-state index < -0.39 is 6.10 Å². The van der Waals surface area contributed by atoms with Gasteiger partial charge in [0.2, 0.25) is 0 Å². The Bertz CT molecular complexity index is 1630. The first-order chi connectivity index (χ1) is 22.4. The fourth-order valence-corrected chi connectivity index (χ4v) is 8.58. The molecule has 46 heavy (non-hydrogen) atoms. The normalized spacial score (nSPS) is 17.7. The topological polar surface area (TPSA) is 131 Å². The predicted molar refractivity (Wildman–Crippen MR) is 184 cm³/mol. The van der Waals surface area contributed by atoms with Gasteiger partial charge in [-0.2, -0.15) is 0 Å². The number of fused-ring (bicyclic) bond motifs is 2. The van der Waals surface area contributed by atoms with E-state index in [4.69, 9.17) is 4.74 Å². The number of para-hydroxylation sites is 1. The molecule has 2 aromatic carbocycles. The van der Waals surface area contributed by atoms with E-state index in [0.29, 0.717) is 47.0 Å². The zero-order chi connectivity index (χ0) is 31.9. The van der Waals surface area contributed by atoms with Crippen molar-refractivity contribution in [2.75, 3.05) is 52.4 Å². The number of aromatic amines is 1. The van der Waals surface area contributed by atoms with Crippen molar-refractivity contribution in [3.8, 4) is 5.75 Å². The minimum atomic E-state index is -0.732. The lowest BCUT2D eigenvalue weighted by molar-refractivity contribution is -0.127. The highest BCUT2D eigenvalue weighted by Gasteiger charge is 2.41. The molecule has 2 fully saturated rings. The summed E-state index contributed by atoms with van der Waals surface area (Å²) < 4.78 is 7.98. The number of unbranched alkanes of at least 4 members (excludes halogenated alkanes) is 6. The molecule has 0 bridgehead atoms. The fourth-order valence-electron chi connectivity index (χ4n) is 6.72. The van der Waals surface area contributed by atoms with Gasteiger partial charge in [-0.3, -0.25) is 9.59 Å². The molecular formula is C34H45N5O5S2. The summed E-state index contributed by atoms with van der Waals surface area (Å²) in [6.07, 6.45) is 9.62. The third-order valence-corrected chi connectivity index (χ3v) is 11.3. The van der Waals surface area contributed by atoms with Crippen molar-refractivity contribution < 1.29 is 19.7 Å². The minimum Gasteiger partial charge on any atom is -0.506 e. The number of carbonyl (C=O) groups is 1. The number of likely N-dealkylation sites (tertiary alicyclic amines) is 1. The molecule has 1 unspecified atom stereocenters. The molecule has 0 aliphatic carbocycles.